The lowest BCUT2D eigenvalue weighted by Gasteiger charge is -2.04. The third-order valence-corrected chi connectivity index (χ3v) is 4.42. The van der Waals surface area contributed by atoms with Crippen LogP contribution in [0.1, 0.15) is 15.9 Å². The highest BCUT2D eigenvalue weighted by atomic mass is 127. The minimum absolute atomic E-state index is 0.389. The van der Waals surface area contributed by atoms with Crippen LogP contribution in [0.15, 0.2) is 16.6 Å². The molecule has 0 aromatic heterocycles. The Morgan fingerprint density at radius 2 is 2.17 bits per heavy atom. The maximum Gasteiger partial charge on any atom is 0.249 e. The molecule has 0 atom stereocenters. The molecule has 0 spiro atoms. The minimum atomic E-state index is -0.389. The van der Waals surface area contributed by atoms with Gasteiger partial charge in [-0.1, -0.05) is 6.07 Å². The smallest absolute Gasteiger partial charge is 0.249 e. The maximum atomic E-state index is 10.9. The van der Waals surface area contributed by atoms with E-state index in [-0.39, 0.29) is 5.91 Å². The van der Waals surface area contributed by atoms with Crippen molar-refractivity contribution < 1.29 is 4.79 Å². The fraction of sp³-hybridized carbons (Fsp3) is 0.125. The molecule has 0 bridgehead atoms. The second-order valence-corrected chi connectivity index (χ2v) is 4.29. The molecule has 1 aromatic rings. The summed E-state index contributed by atoms with van der Waals surface area (Å²) < 4.78 is 1.82. The number of benzene rings is 1. The number of hydrogen-bond donors (Lipinski definition) is 1. The number of carbonyl (C=O) groups excluding carboxylic acids is 1. The Kier molecular flexibility index (Phi) is 3.11. The lowest BCUT2D eigenvalue weighted by Crippen LogP contribution is -2.13. The first kappa shape index (κ1) is 9.98. The van der Waals surface area contributed by atoms with E-state index >= 15 is 0 Å². The molecule has 1 amide bonds. The Morgan fingerprint density at radius 1 is 1.58 bits per heavy atom. The van der Waals surface area contributed by atoms with Gasteiger partial charge in [0, 0.05) is 8.04 Å². The first-order valence-electron chi connectivity index (χ1n) is 3.28. The topological polar surface area (TPSA) is 43.1 Å². The summed E-state index contributed by atoms with van der Waals surface area (Å²) in [4.78, 5) is 10.9. The lowest BCUT2D eigenvalue weighted by atomic mass is 10.1. The van der Waals surface area contributed by atoms with Crippen LogP contribution in [0.5, 0.6) is 0 Å². The molecule has 4 heteroatoms. The summed E-state index contributed by atoms with van der Waals surface area (Å²) in [5.74, 6) is -0.389. The minimum Gasteiger partial charge on any atom is -0.366 e. The Labute approximate surface area is 92.8 Å². The van der Waals surface area contributed by atoms with E-state index in [0.717, 1.165) is 13.6 Å². The second-order valence-electron chi connectivity index (χ2n) is 2.42. The van der Waals surface area contributed by atoms with E-state index in [4.69, 9.17) is 5.73 Å². The lowest BCUT2D eigenvalue weighted by molar-refractivity contribution is 0.0999. The van der Waals surface area contributed by atoms with Crippen LogP contribution in [0, 0.1) is 10.5 Å². The number of aryl methyl sites for hydroxylation is 1. The van der Waals surface area contributed by atoms with Gasteiger partial charge in [0.15, 0.2) is 0 Å². The van der Waals surface area contributed by atoms with Crippen molar-refractivity contribution in [3.63, 3.8) is 0 Å². The Balaban J connectivity index is 3.36. The number of carbonyl (C=O) groups is 1. The summed E-state index contributed by atoms with van der Waals surface area (Å²) in [6, 6.07) is 3.61. The molecule has 1 rings (SSSR count). The summed E-state index contributed by atoms with van der Waals surface area (Å²) in [5, 5.41) is 0. The molecule has 0 aliphatic heterocycles. The summed E-state index contributed by atoms with van der Waals surface area (Å²) >= 11 is 5.48. The van der Waals surface area contributed by atoms with Crippen LogP contribution in [0.3, 0.4) is 0 Å². The normalized spacial score (nSPS) is 9.92. The molecule has 1 aromatic carbocycles. The quantitative estimate of drug-likeness (QED) is 0.785. The highest BCUT2D eigenvalue weighted by Crippen LogP contribution is 2.25. The van der Waals surface area contributed by atoms with Gasteiger partial charge in [-0.25, -0.2) is 0 Å². The largest absolute Gasteiger partial charge is 0.366 e. The predicted molar refractivity (Wildman–Crippen MR) is 60.1 cm³/mol. The van der Waals surface area contributed by atoms with Crippen LogP contribution in [0.25, 0.3) is 0 Å². The average molecular weight is 340 g/mol. The number of nitrogens with two attached hydrogens (primary N) is 1. The first-order chi connectivity index (χ1) is 5.54. The van der Waals surface area contributed by atoms with Crippen LogP contribution in [0.4, 0.5) is 0 Å². The zero-order valence-electron chi connectivity index (χ0n) is 6.40. The third-order valence-electron chi connectivity index (χ3n) is 1.54. The monoisotopic (exact) mass is 339 g/mol. The number of rotatable bonds is 1. The van der Waals surface area contributed by atoms with Crippen molar-refractivity contribution in [3.05, 3.63) is 31.3 Å². The van der Waals surface area contributed by atoms with Crippen LogP contribution in [0.2, 0.25) is 0 Å². The van der Waals surface area contributed by atoms with Gasteiger partial charge in [-0.2, -0.15) is 0 Å². The van der Waals surface area contributed by atoms with E-state index in [1.165, 1.54) is 0 Å². The zero-order valence-corrected chi connectivity index (χ0v) is 10.1. The molecule has 2 nitrogen and oxygen atoms in total. The van der Waals surface area contributed by atoms with E-state index in [9.17, 15) is 4.79 Å². The van der Waals surface area contributed by atoms with E-state index in [0.29, 0.717) is 5.56 Å². The number of halogens is 2. The van der Waals surface area contributed by atoms with Gasteiger partial charge < -0.3 is 5.73 Å². The Bertz CT molecular complexity index is 338. The van der Waals surface area contributed by atoms with Crippen molar-refractivity contribution in [1.82, 2.24) is 0 Å². The third kappa shape index (κ3) is 1.80. The molecule has 0 aliphatic rings. The molecule has 0 radical (unpaired) electrons. The van der Waals surface area contributed by atoms with Gasteiger partial charge in [-0.3, -0.25) is 4.79 Å². The van der Waals surface area contributed by atoms with Gasteiger partial charge >= 0.3 is 0 Å². The molecule has 0 unspecified atom stereocenters. The molecular formula is C8H7BrINO. The standard InChI is InChI=1S/C8H7BrINO/c1-4-2-3-5(8(11)12)7(10)6(4)9/h2-3H,1H3,(H2,11,12). The van der Waals surface area contributed by atoms with Crippen molar-refractivity contribution >= 4 is 44.4 Å². The van der Waals surface area contributed by atoms with Crippen molar-refractivity contribution in [2.75, 3.05) is 0 Å². The van der Waals surface area contributed by atoms with Crippen LogP contribution < -0.4 is 5.73 Å². The Morgan fingerprint density at radius 3 is 2.67 bits per heavy atom. The van der Waals surface area contributed by atoms with Gasteiger partial charge in [0.05, 0.1) is 5.56 Å². The summed E-state index contributed by atoms with van der Waals surface area (Å²) in [6.07, 6.45) is 0. The average Bonchev–Trinajstić information content (AvgIpc) is 2.00. The number of amides is 1. The number of hydrogen-bond acceptors (Lipinski definition) is 1. The molecule has 0 fully saturated rings. The van der Waals surface area contributed by atoms with Crippen LogP contribution in [-0.4, -0.2) is 5.91 Å². The SMILES string of the molecule is Cc1ccc(C(N)=O)c(I)c1Br. The molecule has 0 heterocycles. The van der Waals surface area contributed by atoms with E-state index in [1.807, 2.05) is 13.0 Å². The van der Waals surface area contributed by atoms with Gasteiger partial charge in [0.2, 0.25) is 5.91 Å². The zero-order chi connectivity index (χ0) is 9.30. The van der Waals surface area contributed by atoms with Crippen molar-refractivity contribution in [2.24, 2.45) is 5.73 Å². The van der Waals surface area contributed by atoms with E-state index in [1.54, 1.807) is 6.07 Å². The van der Waals surface area contributed by atoms with Crippen molar-refractivity contribution in [3.8, 4) is 0 Å². The molecule has 64 valence electrons. The maximum absolute atomic E-state index is 10.9. The first-order valence-corrected chi connectivity index (χ1v) is 5.15. The summed E-state index contributed by atoms with van der Waals surface area (Å²) in [7, 11) is 0. The predicted octanol–water partition coefficient (Wildman–Crippen LogP) is 2.46. The highest BCUT2D eigenvalue weighted by Gasteiger charge is 2.09. The van der Waals surface area contributed by atoms with E-state index < -0.39 is 0 Å². The molecule has 2 N–H and O–H groups in total. The van der Waals surface area contributed by atoms with Crippen molar-refractivity contribution in [2.45, 2.75) is 6.92 Å². The second kappa shape index (κ2) is 3.74. The van der Waals surface area contributed by atoms with Gasteiger partial charge in [0.25, 0.3) is 0 Å². The summed E-state index contributed by atoms with van der Waals surface area (Å²) in [5.41, 5.74) is 6.83. The van der Waals surface area contributed by atoms with E-state index in [2.05, 4.69) is 38.5 Å². The molecule has 0 saturated carbocycles. The highest BCUT2D eigenvalue weighted by molar-refractivity contribution is 14.1. The van der Waals surface area contributed by atoms with Gasteiger partial charge in [-0.05, 0) is 57.1 Å². The van der Waals surface area contributed by atoms with Crippen LogP contribution in [-0.2, 0) is 0 Å². The molecule has 12 heavy (non-hydrogen) atoms. The fourth-order valence-electron chi connectivity index (χ4n) is 0.836. The fourth-order valence-corrected chi connectivity index (χ4v) is 2.05. The Hall–Kier alpha value is -0.100. The molecule has 0 aliphatic carbocycles. The number of primary amides is 1. The van der Waals surface area contributed by atoms with Crippen LogP contribution >= 0.6 is 38.5 Å². The van der Waals surface area contributed by atoms with Gasteiger partial charge in [-0.15, -0.1) is 0 Å². The molecular weight excluding hydrogens is 333 g/mol. The summed E-state index contributed by atoms with van der Waals surface area (Å²) in [6.45, 7) is 1.97. The van der Waals surface area contributed by atoms with Gasteiger partial charge in [0.1, 0.15) is 0 Å². The van der Waals surface area contributed by atoms with Crippen molar-refractivity contribution in [1.29, 1.82) is 0 Å². The molecule has 0 saturated heterocycles.